The molecule has 0 spiro atoms. The van der Waals surface area contributed by atoms with Crippen LogP contribution in [0, 0.1) is 5.92 Å². The zero-order chi connectivity index (χ0) is 11.2. The minimum absolute atomic E-state index is 0.0575. The average molecular weight is 239 g/mol. The van der Waals surface area contributed by atoms with Gasteiger partial charge in [-0.3, -0.25) is 4.79 Å². The van der Waals surface area contributed by atoms with E-state index in [-0.39, 0.29) is 5.91 Å². The fraction of sp³-hybridized carbons (Fsp3) is 0.583. The Bertz CT molecular complexity index is 318. The molecule has 4 heteroatoms. The van der Waals surface area contributed by atoms with Gasteiger partial charge in [0.25, 0.3) is 5.91 Å². The van der Waals surface area contributed by atoms with Gasteiger partial charge in [0.1, 0.15) is 0 Å². The van der Waals surface area contributed by atoms with E-state index in [1.807, 2.05) is 17.5 Å². The van der Waals surface area contributed by atoms with Crippen LogP contribution in [0.1, 0.15) is 28.9 Å². The van der Waals surface area contributed by atoms with Gasteiger partial charge in [-0.05, 0) is 36.6 Å². The number of rotatable bonds is 4. The van der Waals surface area contributed by atoms with Crippen molar-refractivity contribution in [1.29, 1.82) is 0 Å². The maximum absolute atomic E-state index is 11.6. The van der Waals surface area contributed by atoms with Gasteiger partial charge in [-0.1, -0.05) is 6.07 Å². The third kappa shape index (κ3) is 3.32. The molecule has 16 heavy (non-hydrogen) atoms. The van der Waals surface area contributed by atoms with Crippen LogP contribution in [0.2, 0.25) is 0 Å². The quantitative estimate of drug-likeness (QED) is 0.875. The van der Waals surface area contributed by atoms with Crippen molar-refractivity contribution in [3.8, 4) is 0 Å². The molecule has 1 aliphatic rings. The van der Waals surface area contributed by atoms with E-state index in [0.717, 1.165) is 49.8 Å². The molecule has 2 rings (SSSR count). The van der Waals surface area contributed by atoms with E-state index in [1.54, 1.807) is 0 Å². The Morgan fingerprint density at radius 3 is 3.00 bits per heavy atom. The number of amides is 1. The number of hydrogen-bond donors (Lipinski definition) is 1. The fourth-order valence-electron chi connectivity index (χ4n) is 1.92. The van der Waals surface area contributed by atoms with Crippen LogP contribution in [0.3, 0.4) is 0 Å². The zero-order valence-electron chi connectivity index (χ0n) is 9.28. The maximum Gasteiger partial charge on any atom is 0.261 e. The first-order valence-corrected chi connectivity index (χ1v) is 6.63. The van der Waals surface area contributed by atoms with Gasteiger partial charge in [0.05, 0.1) is 4.88 Å². The molecule has 0 aliphatic carbocycles. The van der Waals surface area contributed by atoms with Gasteiger partial charge in [0.15, 0.2) is 0 Å². The molecule has 0 saturated carbocycles. The lowest BCUT2D eigenvalue weighted by atomic mass is 9.97. The number of ether oxygens (including phenoxy) is 1. The van der Waals surface area contributed by atoms with Gasteiger partial charge in [0, 0.05) is 19.8 Å². The van der Waals surface area contributed by atoms with Crippen molar-refractivity contribution >= 4 is 17.2 Å². The minimum Gasteiger partial charge on any atom is -0.381 e. The number of carbonyl (C=O) groups is 1. The predicted octanol–water partition coefficient (Wildman–Crippen LogP) is 2.29. The van der Waals surface area contributed by atoms with Crippen molar-refractivity contribution < 1.29 is 9.53 Å². The standard InChI is InChI=1S/C12H17NO2S/c14-12(11-2-1-9-16-11)13-6-3-10-4-7-15-8-5-10/h1-2,9-10H,3-8H2,(H,13,14). The van der Waals surface area contributed by atoms with E-state index in [2.05, 4.69) is 5.32 Å². The van der Waals surface area contributed by atoms with Gasteiger partial charge in [-0.15, -0.1) is 11.3 Å². The molecular weight excluding hydrogens is 222 g/mol. The van der Waals surface area contributed by atoms with Crippen LogP contribution in [-0.4, -0.2) is 25.7 Å². The van der Waals surface area contributed by atoms with Crippen molar-refractivity contribution in [2.75, 3.05) is 19.8 Å². The number of nitrogens with one attached hydrogen (secondary N) is 1. The summed E-state index contributed by atoms with van der Waals surface area (Å²) >= 11 is 1.49. The lowest BCUT2D eigenvalue weighted by molar-refractivity contribution is 0.0636. The molecule has 88 valence electrons. The van der Waals surface area contributed by atoms with Crippen LogP contribution in [0.15, 0.2) is 17.5 Å². The van der Waals surface area contributed by atoms with Gasteiger partial charge in [-0.25, -0.2) is 0 Å². The third-order valence-electron chi connectivity index (χ3n) is 2.92. The molecular formula is C12H17NO2S. The molecule has 1 saturated heterocycles. The van der Waals surface area contributed by atoms with Crippen LogP contribution in [-0.2, 0) is 4.74 Å². The molecule has 3 nitrogen and oxygen atoms in total. The van der Waals surface area contributed by atoms with Crippen molar-refractivity contribution in [2.24, 2.45) is 5.92 Å². The maximum atomic E-state index is 11.6. The molecule has 1 fully saturated rings. The summed E-state index contributed by atoms with van der Waals surface area (Å²) in [5.74, 6) is 0.777. The van der Waals surface area contributed by atoms with Gasteiger partial charge >= 0.3 is 0 Å². The topological polar surface area (TPSA) is 38.3 Å². The molecule has 0 unspecified atom stereocenters. The smallest absolute Gasteiger partial charge is 0.261 e. The predicted molar refractivity (Wildman–Crippen MR) is 64.8 cm³/mol. The Hall–Kier alpha value is -0.870. The van der Waals surface area contributed by atoms with Gasteiger partial charge in [-0.2, -0.15) is 0 Å². The number of hydrogen-bond acceptors (Lipinski definition) is 3. The Morgan fingerprint density at radius 1 is 1.50 bits per heavy atom. The highest BCUT2D eigenvalue weighted by Crippen LogP contribution is 2.17. The summed E-state index contributed by atoms with van der Waals surface area (Å²) in [6, 6.07) is 3.76. The monoisotopic (exact) mass is 239 g/mol. The lowest BCUT2D eigenvalue weighted by Gasteiger charge is -2.21. The van der Waals surface area contributed by atoms with Crippen molar-refractivity contribution in [2.45, 2.75) is 19.3 Å². The van der Waals surface area contributed by atoms with E-state index in [9.17, 15) is 4.79 Å². The minimum atomic E-state index is 0.0575. The van der Waals surface area contributed by atoms with E-state index in [1.165, 1.54) is 11.3 Å². The summed E-state index contributed by atoms with van der Waals surface area (Å²) < 4.78 is 5.30. The highest BCUT2D eigenvalue weighted by Gasteiger charge is 2.14. The highest BCUT2D eigenvalue weighted by atomic mass is 32.1. The average Bonchev–Trinajstić information content (AvgIpc) is 2.84. The van der Waals surface area contributed by atoms with E-state index in [0.29, 0.717) is 0 Å². The van der Waals surface area contributed by atoms with Crippen molar-refractivity contribution in [3.63, 3.8) is 0 Å². The molecule has 0 radical (unpaired) electrons. The van der Waals surface area contributed by atoms with Crippen LogP contribution in [0.4, 0.5) is 0 Å². The molecule has 0 bridgehead atoms. The van der Waals surface area contributed by atoms with Gasteiger partial charge < -0.3 is 10.1 Å². The summed E-state index contributed by atoms with van der Waals surface area (Å²) in [7, 11) is 0. The molecule has 1 amide bonds. The Kier molecular flexibility index (Phi) is 4.36. The molecule has 0 atom stereocenters. The van der Waals surface area contributed by atoms with E-state index < -0.39 is 0 Å². The van der Waals surface area contributed by atoms with Crippen LogP contribution in [0.5, 0.6) is 0 Å². The second-order valence-corrected chi connectivity index (χ2v) is 5.03. The second-order valence-electron chi connectivity index (χ2n) is 4.08. The SMILES string of the molecule is O=C(NCCC1CCOCC1)c1cccs1. The zero-order valence-corrected chi connectivity index (χ0v) is 10.1. The summed E-state index contributed by atoms with van der Waals surface area (Å²) in [5, 5.41) is 4.89. The van der Waals surface area contributed by atoms with E-state index >= 15 is 0 Å². The number of thiophene rings is 1. The van der Waals surface area contributed by atoms with E-state index in [4.69, 9.17) is 4.74 Å². The molecule has 1 aliphatic heterocycles. The first-order chi connectivity index (χ1) is 7.86. The number of carbonyl (C=O) groups excluding carboxylic acids is 1. The molecule has 0 aromatic carbocycles. The Morgan fingerprint density at radius 2 is 2.31 bits per heavy atom. The normalized spacial score (nSPS) is 17.2. The Labute approximate surface area is 99.8 Å². The van der Waals surface area contributed by atoms with Crippen LogP contribution in [0.25, 0.3) is 0 Å². The first-order valence-electron chi connectivity index (χ1n) is 5.75. The second kappa shape index (κ2) is 6.01. The van der Waals surface area contributed by atoms with Crippen LogP contribution >= 0.6 is 11.3 Å². The largest absolute Gasteiger partial charge is 0.381 e. The summed E-state index contributed by atoms with van der Waals surface area (Å²) in [6.07, 6.45) is 3.34. The van der Waals surface area contributed by atoms with Crippen LogP contribution < -0.4 is 5.32 Å². The molecule has 1 aromatic rings. The molecule has 2 heterocycles. The fourth-order valence-corrected chi connectivity index (χ4v) is 2.56. The Balaban J connectivity index is 1.66. The highest BCUT2D eigenvalue weighted by molar-refractivity contribution is 7.12. The summed E-state index contributed by atoms with van der Waals surface area (Å²) in [5.41, 5.74) is 0. The molecule has 1 N–H and O–H groups in total. The summed E-state index contributed by atoms with van der Waals surface area (Å²) in [4.78, 5) is 12.4. The third-order valence-corrected chi connectivity index (χ3v) is 3.79. The lowest BCUT2D eigenvalue weighted by Crippen LogP contribution is -2.26. The summed E-state index contributed by atoms with van der Waals surface area (Å²) in [6.45, 7) is 2.54. The van der Waals surface area contributed by atoms with Crippen molar-refractivity contribution in [3.05, 3.63) is 22.4 Å². The molecule has 1 aromatic heterocycles. The first kappa shape index (κ1) is 11.6. The van der Waals surface area contributed by atoms with Gasteiger partial charge in [0.2, 0.25) is 0 Å². The van der Waals surface area contributed by atoms with Crippen molar-refractivity contribution in [1.82, 2.24) is 5.32 Å².